The molecule has 1 atom stereocenters. The summed E-state index contributed by atoms with van der Waals surface area (Å²) >= 11 is 0. The molecule has 0 aliphatic heterocycles. The van der Waals surface area contributed by atoms with Crippen LogP contribution in [0.4, 0.5) is 0 Å². The molecule has 0 spiro atoms. The molecular formula is C21H26N4O3. The zero-order valence-corrected chi connectivity index (χ0v) is 16.7. The van der Waals surface area contributed by atoms with Crippen LogP contribution in [0.1, 0.15) is 55.6 Å². The lowest BCUT2D eigenvalue weighted by Crippen LogP contribution is -2.30. The molecule has 1 aromatic carbocycles. The molecule has 2 heterocycles. The number of rotatable bonds is 7. The Hall–Kier alpha value is -2.96. The Bertz CT molecular complexity index is 1040. The van der Waals surface area contributed by atoms with Gasteiger partial charge >= 0.3 is 0 Å². The molecule has 148 valence electrons. The first-order valence-corrected chi connectivity index (χ1v) is 9.53. The second-order valence-corrected chi connectivity index (χ2v) is 7.62. The topological polar surface area (TPSA) is 101 Å². The zero-order chi connectivity index (χ0) is 20.3. The van der Waals surface area contributed by atoms with E-state index in [9.17, 15) is 9.59 Å². The summed E-state index contributed by atoms with van der Waals surface area (Å²) < 4.78 is 5.50. The number of carbonyl (C=O) groups is 1. The predicted molar refractivity (Wildman–Crippen MR) is 107 cm³/mol. The highest BCUT2D eigenvalue weighted by Crippen LogP contribution is 2.20. The van der Waals surface area contributed by atoms with Gasteiger partial charge in [-0.2, -0.15) is 0 Å². The van der Waals surface area contributed by atoms with Crippen molar-refractivity contribution in [1.29, 1.82) is 0 Å². The average molecular weight is 382 g/mol. The van der Waals surface area contributed by atoms with Crippen LogP contribution in [0.25, 0.3) is 10.9 Å². The summed E-state index contributed by atoms with van der Waals surface area (Å²) in [6.07, 6.45) is 1.27. The smallest absolute Gasteiger partial charge is 0.251 e. The number of hydrogen-bond donors (Lipinski definition) is 2. The summed E-state index contributed by atoms with van der Waals surface area (Å²) in [5, 5.41) is 11.8. The number of aromatic nitrogens is 3. The van der Waals surface area contributed by atoms with Gasteiger partial charge in [-0.05, 0) is 48.8 Å². The molecular weight excluding hydrogens is 356 g/mol. The minimum Gasteiger partial charge on any atom is -0.423 e. The molecule has 2 N–H and O–H groups in total. The Balaban J connectivity index is 1.68. The van der Waals surface area contributed by atoms with Crippen LogP contribution in [0.2, 0.25) is 0 Å². The number of pyridine rings is 1. The highest BCUT2D eigenvalue weighted by molar-refractivity contribution is 5.80. The van der Waals surface area contributed by atoms with Crippen molar-refractivity contribution < 1.29 is 9.21 Å². The number of fused-ring (bicyclic) bond motifs is 1. The van der Waals surface area contributed by atoms with E-state index in [2.05, 4.69) is 34.3 Å². The van der Waals surface area contributed by atoms with Crippen LogP contribution in [0.3, 0.4) is 0 Å². The first kappa shape index (κ1) is 19.8. The Morgan fingerprint density at radius 3 is 2.68 bits per heavy atom. The van der Waals surface area contributed by atoms with Crippen LogP contribution in [-0.2, 0) is 11.2 Å². The minimum atomic E-state index is -0.327. The van der Waals surface area contributed by atoms with Gasteiger partial charge in [-0.15, -0.1) is 10.2 Å². The largest absolute Gasteiger partial charge is 0.423 e. The number of amides is 1. The number of aryl methyl sites for hydroxylation is 3. The maximum atomic E-state index is 12.5. The summed E-state index contributed by atoms with van der Waals surface area (Å²) in [6.45, 7) is 7.84. The summed E-state index contributed by atoms with van der Waals surface area (Å²) in [5.41, 5.74) is 2.34. The van der Waals surface area contributed by atoms with Crippen molar-refractivity contribution in [2.45, 2.75) is 53.0 Å². The van der Waals surface area contributed by atoms with E-state index < -0.39 is 0 Å². The van der Waals surface area contributed by atoms with Crippen molar-refractivity contribution >= 4 is 16.8 Å². The number of benzene rings is 1. The third-order valence-corrected chi connectivity index (χ3v) is 4.58. The van der Waals surface area contributed by atoms with Crippen LogP contribution < -0.4 is 10.9 Å². The molecule has 28 heavy (non-hydrogen) atoms. The summed E-state index contributed by atoms with van der Waals surface area (Å²) in [6, 6.07) is 7.44. The van der Waals surface area contributed by atoms with E-state index in [-0.39, 0.29) is 23.9 Å². The predicted octanol–water partition coefficient (Wildman–Crippen LogP) is 3.36. The number of hydrogen-bond acceptors (Lipinski definition) is 5. The monoisotopic (exact) mass is 382 g/mol. The third kappa shape index (κ3) is 4.85. The first-order chi connectivity index (χ1) is 13.3. The van der Waals surface area contributed by atoms with E-state index in [0.29, 0.717) is 36.1 Å². The maximum absolute atomic E-state index is 12.5. The molecule has 0 fully saturated rings. The minimum absolute atomic E-state index is 0.148. The van der Waals surface area contributed by atoms with Crippen molar-refractivity contribution in [3.8, 4) is 0 Å². The molecule has 2 aromatic heterocycles. The fourth-order valence-electron chi connectivity index (χ4n) is 3.21. The number of nitrogens with one attached hydrogen (secondary N) is 2. The van der Waals surface area contributed by atoms with E-state index in [4.69, 9.17) is 4.42 Å². The van der Waals surface area contributed by atoms with Crippen LogP contribution in [-0.4, -0.2) is 21.1 Å². The van der Waals surface area contributed by atoms with E-state index >= 15 is 0 Å². The quantitative estimate of drug-likeness (QED) is 0.652. The lowest BCUT2D eigenvalue weighted by molar-refractivity contribution is -0.122. The molecule has 3 rings (SSSR count). The van der Waals surface area contributed by atoms with Gasteiger partial charge < -0.3 is 14.7 Å². The van der Waals surface area contributed by atoms with Crippen molar-refractivity contribution in [2.24, 2.45) is 5.92 Å². The van der Waals surface area contributed by atoms with Crippen molar-refractivity contribution in [1.82, 2.24) is 20.5 Å². The van der Waals surface area contributed by atoms with Gasteiger partial charge in [-0.1, -0.05) is 26.0 Å². The maximum Gasteiger partial charge on any atom is 0.251 e. The van der Waals surface area contributed by atoms with Crippen LogP contribution in [0.5, 0.6) is 0 Å². The van der Waals surface area contributed by atoms with Gasteiger partial charge in [0.05, 0.1) is 0 Å². The molecule has 0 aliphatic carbocycles. The number of aromatic amines is 1. The molecule has 0 saturated carbocycles. The fraction of sp³-hybridized carbons (Fsp3) is 0.429. The van der Waals surface area contributed by atoms with E-state index in [1.54, 1.807) is 6.92 Å². The fourth-order valence-corrected chi connectivity index (χ4v) is 3.21. The van der Waals surface area contributed by atoms with Crippen LogP contribution in [0.15, 0.2) is 33.5 Å². The van der Waals surface area contributed by atoms with Gasteiger partial charge in [0.2, 0.25) is 17.7 Å². The van der Waals surface area contributed by atoms with Crippen molar-refractivity contribution in [3.63, 3.8) is 0 Å². The van der Waals surface area contributed by atoms with Crippen molar-refractivity contribution in [2.75, 3.05) is 0 Å². The van der Waals surface area contributed by atoms with Gasteiger partial charge in [0, 0.05) is 24.4 Å². The zero-order valence-electron chi connectivity index (χ0n) is 16.7. The first-order valence-electron chi connectivity index (χ1n) is 9.53. The number of carbonyl (C=O) groups excluding carboxylic acids is 1. The number of nitrogens with zero attached hydrogens (tertiary/aromatic N) is 2. The molecule has 0 bridgehead atoms. The van der Waals surface area contributed by atoms with Gasteiger partial charge in [0.15, 0.2) is 0 Å². The lowest BCUT2D eigenvalue weighted by atomic mass is 10.0. The standard InChI is InChI=1S/C21H26N4O3/c1-12(2)9-18(21-25-24-14(4)28-21)22-19(26)8-7-16-11-15-6-5-13(3)10-17(15)23-20(16)27/h5-6,10-12,18H,7-9H2,1-4H3,(H,22,26)(H,23,27). The van der Waals surface area contributed by atoms with Gasteiger partial charge in [-0.25, -0.2) is 0 Å². The molecule has 7 nitrogen and oxygen atoms in total. The molecule has 3 aromatic rings. The molecule has 1 amide bonds. The summed E-state index contributed by atoms with van der Waals surface area (Å²) in [5.74, 6) is 1.09. The SMILES string of the molecule is Cc1ccc2cc(CCC(=O)NC(CC(C)C)c3nnc(C)o3)c(=O)[nH]c2c1. The van der Waals surface area contributed by atoms with E-state index in [1.165, 1.54) is 0 Å². The van der Waals surface area contributed by atoms with E-state index in [0.717, 1.165) is 16.5 Å². The normalized spacial score (nSPS) is 12.5. The lowest BCUT2D eigenvalue weighted by Gasteiger charge is -2.17. The second kappa shape index (κ2) is 8.37. The van der Waals surface area contributed by atoms with Gasteiger partial charge in [0.25, 0.3) is 5.56 Å². The van der Waals surface area contributed by atoms with Crippen molar-refractivity contribution in [3.05, 3.63) is 57.5 Å². The molecule has 7 heteroatoms. The number of H-pyrrole nitrogens is 1. The highest BCUT2D eigenvalue weighted by Gasteiger charge is 2.21. The summed E-state index contributed by atoms with van der Waals surface area (Å²) in [4.78, 5) is 27.7. The van der Waals surface area contributed by atoms with E-state index in [1.807, 2.05) is 31.2 Å². The second-order valence-electron chi connectivity index (χ2n) is 7.62. The molecule has 0 saturated heterocycles. The highest BCUT2D eigenvalue weighted by atomic mass is 16.4. The average Bonchev–Trinajstić information content (AvgIpc) is 3.05. The third-order valence-electron chi connectivity index (χ3n) is 4.58. The molecule has 1 unspecified atom stereocenters. The van der Waals surface area contributed by atoms with Gasteiger partial charge in [0.1, 0.15) is 6.04 Å². The van der Waals surface area contributed by atoms with Crippen LogP contribution in [0, 0.1) is 19.8 Å². The Morgan fingerprint density at radius 2 is 2.00 bits per heavy atom. The Kier molecular flexibility index (Phi) is 5.92. The summed E-state index contributed by atoms with van der Waals surface area (Å²) in [7, 11) is 0. The van der Waals surface area contributed by atoms with Gasteiger partial charge in [-0.3, -0.25) is 9.59 Å². The Labute approximate surface area is 163 Å². The van der Waals surface area contributed by atoms with Crippen LogP contribution >= 0.6 is 0 Å². The Morgan fingerprint density at radius 1 is 1.21 bits per heavy atom. The molecule has 0 radical (unpaired) electrons. The molecule has 0 aliphatic rings.